The van der Waals surface area contributed by atoms with Crippen molar-refractivity contribution in [2.75, 3.05) is 13.1 Å². The average molecular weight is 407 g/mol. The zero-order valence-corrected chi connectivity index (χ0v) is 18.0. The standard InChI is InChI=1S/C24H30N4S/c1-18-6-5-9-23(27-18)28-24-22(29-21-7-3-2-4-8-21)16-20(17-26-24)11-10-19-12-14-25-15-13-19/h2-4,6-8,16-17,19,25H,5,9-15H2,1H3,(H,26,27,28). The summed E-state index contributed by atoms with van der Waals surface area (Å²) in [6.45, 7) is 4.41. The first kappa shape index (κ1) is 20.2. The first-order valence-electron chi connectivity index (χ1n) is 10.7. The highest BCUT2D eigenvalue weighted by Crippen LogP contribution is 2.35. The minimum absolute atomic E-state index is 0.821. The highest BCUT2D eigenvalue weighted by atomic mass is 32.2. The highest BCUT2D eigenvalue weighted by molar-refractivity contribution is 7.99. The van der Waals surface area contributed by atoms with Crippen LogP contribution in [0.1, 0.15) is 44.6 Å². The lowest BCUT2D eigenvalue weighted by atomic mass is 9.92. The van der Waals surface area contributed by atoms with Gasteiger partial charge in [0.1, 0.15) is 5.84 Å². The zero-order valence-electron chi connectivity index (χ0n) is 17.2. The molecular formula is C24H30N4S. The molecule has 0 spiro atoms. The van der Waals surface area contributed by atoms with Crippen LogP contribution in [0, 0.1) is 5.92 Å². The molecule has 2 aromatic rings. The molecule has 0 bridgehead atoms. The van der Waals surface area contributed by atoms with Crippen LogP contribution < -0.4 is 10.6 Å². The number of nitrogens with one attached hydrogen (secondary N) is 2. The van der Waals surface area contributed by atoms with Crippen LogP contribution in [0.15, 0.2) is 69.2 Å². The molecule has 1 aromatic heterocycles. The SMILES string of the molecule is CC1=CCCC(=Nc2ncc(CCC3CCNCC3)cc2Sc2ccccc2)N1. The number of rotatable bonds is 6. The third-order valence-corrected chi connectivity index (χ3v) is 6.60. The molecule has 2 N–H and O–H groups in total. The van der Waals surface area contributed by atoms with Gasteiger partial charge in [0.05, 0.1) is 4.90 Å². The normalized spacial score (nSPS) is 19.1. The van der Waals surface area contributed by atoms with E-state index in [0.717, 1.165) is 54.8 Å². The number of pyridine rings is 1. The largest absolute Gasteiger partial charge is 0.348 e. The average Bonchev–Trinajstić information content (AvgIpc) is 2.75. The summed E-state index contributed by atoms with van der Waals surface area (Å²) in [6.07, 6.45) is 11.2. The predicted octanol–water partition coefficient (Wildman–Crippen LogP) is 5.48. The summed E-state index contributed by atoms with van der Waals surface area (Å²) in [6, 6.07) is 12.8. The smallest absolute Gasteiger partial charge is 0.167 e. The van der Waals surface area contributed by atoms with E-state index in [2.05, 4.69) is 60.0 Å². The van der Waals surface area contributed by atoms with Gasteiger partial charge in [-0.25, -0.2) is 9.98 Å². The van der Waals surface area contributed by atoms with Gasteiger partial charge in [-0.2, -0.15) is 0 Å². The molecule has 1 aromatic carbocycles. The molecule has 0 aliphatic carbocycles. The van der Waals surface area contributed by atoms with Crippen LogP contribution >= 0.6 is 11.8 Å². The number of hydrogen-bond acceptors (Lipinski definition) is 4. The van der Waals surface area contributed by atoms with Crippen LogP contribution in [-0.2, 0) is 6.42 Å². The second-order valence-electron chi connectivity index (χ2n) is 7.92. The van der Waals surface area contributed by atoms with Crippen LogP contribution in [0.2, 0.25) is 0 Å². The van der Waals surface area contributed by atoms with E-state index in [1.165, 1.54) is 35.4 Å². The first-order valence-corrected chi connectivity index (χ1v) is 11.5. The summed E-state index contributed by atoms with van der Waals surface area (Å²) in [5, 5.41) is 6.85. The van der Waals surface area contributed by atoms with Gasteiger partial charge in [-0.05, 0) is 81.8 Å². The molecule has 29 heavy (non-hydrogen) atoms. The van der Waals surface area contributed by atoms with E-state index in [1.54, 1.807) is 11.8 Å². The van der Waals surface area contributed by atoms with E-state index in [4.69, 9.17) is 9.98 Å². The monoisotopic (exact) mass is 406 g/mol. The number of amidine groups is 1. The number of nitrogens with zero attached hydrogens (tertiary/aromatic N) is 2. The predicted molar refractivity (Wildman–Crippen MR) is 122 cm³/mol. The third kappa shape index (κ3) is 5.94. The fourth-order valence-corrected chi connectivity index (χ4v) is 4.86. The molecule has 0 atom stereocenters. The van der Waals surface area contributed by atoms with Gasteiger partial charge >= 0.3 is 0 Å². The Morgan fingerprint density at radius 2 is 2.00 bits per heavy atom. The molecule has 1 saturated heterocycles. The fourth-order valence-electron chi connectivity index (χ4n) is 3.91. The van der Waals surface area contributed by atoms with Crippen LogP contribution in [0.5, 0.6) is 0 Å². The van der Waals surface area contributed by atoms with E-state index < -0.39 is 0 Å². The lowest BCUT2D eigenvalue weighted by molar-refractivity contribution is 0.354. The summed E-state index contributed by atoms with van der Waals surface area (Å²) in [4.78, 5) is 12.0. The third-order valence-electron chi connectivity index (χ3n) is 5.57. The molecule has 3 heterocycles. The van der Waals surface area contributed by atoms with E-state index in [1.807, 2.05) is 6.20 Å². The van der Waals surface area contributed by atoms with Crippen molar-refractivity contribution in [2.24, 2.45) is 10.9 Å². The van der Waals surface area contributed by atoms with Gasteiger partial charge < -0.3 is 10.6 Å². The van der Waals surface area contributed by atoms with Gasteiger partial charge in [0.15, 0.2) is 5.82 Å². The van der Waals surface area contributed by atoms with Crippen molar-refractivity contribution in [1.29, 1.82) is 0 Å². The maximum absolute atomic E-state index is 4.88. The minimum atomic E-state index is 0.821. The van der Waals surface area contributed by atoms with Gasteiger partial charge in [-0.3, -0.25) is 0 Å². The second kappa shape index (κ2) is 10.1. The summed E-state index contributed by atoms with van der Waals surface area (Å²) < 4.78 is 0. The van der Waals surface area contributed by atoms with Crippen molar-refractivity contribution in [3.05, 3.63) is 59.9 Å². The second-order valence-corrected chi connectivity index (χ2v) is 9.04. The molecule has 2 aliphatic heterocycles. The number of piperidine rings is 1. The minimum Gasteiger partial charge on any atom is -0.348 e. The van der Waals surface area contributed by atoms with Gasteiger partial charge in [-0.1, -0.05) is 36.0 Å². The molecular weight excluding hydrogens is 376 g/mol. The molecule has 5 heteroatoms. The Labute approximate surface area is 178 Å². The molecule has 4 rings (SSSR count). The molecule has 0 unspecified atom stereocenters. The van der Waals surface area contributed by atoms with Crippen LogP contribution in [0.4, 0.5) is 5.82 Å². The summed E-state index contributed by atoms with van der Waals surface area (Å²) >= 11 is 1.76. The molecule has 4 nitrogen and oxygen atoms in total. The number of benzene rings is 1. The van der Waals surface area contributed by atoms with Crippen molar-refractivity contribution in [3.63, 3.8) is 0 Å². The van der Waals surface area contributed by atoms with Crippen LogP contribution in [-0.4, -0.2) is 23.9 Å². The van der Waals surface area contributed by atoms with Gasteiger partial charge in [-0.15, -0.1) is 0 Å². The molecule has 2 aliphatic rings. The number of aryl methyl sites for hydroxylation is 1. The van der Waals surface area contributed by atoms with Gasteiger partial charge in [0, 0.05) is 23.2 Å². The lowest BCUT2D eigenvalue weighted by Gasteiger charge is -2.22. The maximum atomic E-state index is 4.88. The topological polar surface area (TPSA) is 49.3 Å². The van der Waals surface area contributed by atoms with Crippen molar-refractivity contribution in [3.8, 4) is 0 Å². The quantitative estimate of drug-likeness (QED) is 0.667. The van der Waals surface area contributed by atoms with Crippen molar-refractivity contribution in [2.45, 2.75) is 55.2 Å². The molecule has 0 amide bonds. The number of hydrogen-bond donors (Lipinski definition) is 2. The van der Waals surface area contributed by atoms with Crippen molar-refractivity contribution >= 4 is 23.4 Å². The van der Waals surface area contributed by atoms with Crippen molar-refractivity contribution in [1.82, 2.24) is 15.6 Å². The van der Waals surface area contributed by atoms with Crippen LogP contribution in [0.25, 0.3) is 0 Å². The van der Waals surface area contributed by atoms with Gasteiger partial charge in [0.25, 0.3) is 0 Å². The Morgan fingerprint density at radius 3 is 2.79 bits per heavy atom. The van der Waals surface area contributed by atoms with E-state index >= 15 is 0 Å². The lowest BCUT2D eigenvalue weighted by Crippen LogP contribution is -2.27. The Hall–Kier alpha value is -2.11. The molecule has 1 fully saturated rings. The number of aliphatic imine (C=N–C) groups is 1. The van der Waals surface area contributed by atoms with E-state index in [9.17, 15) is 0 Å². The summed E-state index contributed by atoms with van der Waals surface area (Å²) in [5.41, 5.74) is 2.49. The molecule has 0 radical (unpaired) electrons. The Kier molecular flexibility index (Phi) is 7.01. The highest BCUT2D eigenvalue weighted by Gasteiger charge is 2.15. The number of allylic oxidation sites excluding steroid dienone is 2. The van der Waals surface area contributed by atoms with Gasteiger partial charge in [0.2, 0.25) is 0 Å². The van der Waals surface area contributed by atoms with Crippen molar-refractivity contribution < 1.29 is 0 Å². The fraction of sp³-hybridized carbons (Fsp3) is 0.417. The Balaban J connectivity index is 1.54. The first-order chi connectivity index (χ1) is 14.3. The Bertz CT molecular complexity index is 870. The number of aromatic nitrogens is 1. The Morgan fingerprint density at radius 1 is 1.17 bits per heavy atom. The van der Waals surface area contributed by atoms with E-state index in [-0.39, 0.29) is 0 Å². The molecule has 0 saturated carbocycles. The van der Waals surface area contributed by atoms with Crippen LogP contribution in [0.3, 0.4) is 0 Å². The summed E-state index contributed by atoms with van der Waals surface area (Å²) in [7, 11) is 0. The maximum Gasteiger partial charge on any atom is 0.167 e. The molecule has 152 valence electrons. The van der Waals surface area contributed by atoms with E-state index in [0.29, 0.717) is 0 Å². The zero-order chi connectivity index (χ0) is 19.9. The summed E-state index contributed by atoms with van der Waals surface area (Å²) in [5.74, 6) is 2.67.